The van der Waals surface area contributed by atoms with Crippen molar-refractivity contribution in [2.24, 2.45) is 28.6 Å². The first kappa shape index (κ1) is 25.8. The fraction of sp³-hybridized carbons (Fsp3) is 0.531. The Bertz CT molecular complexity index is 1520. The minimum Gasteiger partial charge on any atom is -0.393 e. The van der Waals surface area contributed by atoms with Gasteiger partial charge in [-0.3, -0.25) is 9.48 Å². The summed E-state index contributed by atoms with van der Waals surface area (Å²) in [6.45, 7) is 6.30. The second kappa shape index (κ2) is 8.70. The van der Waals surface area contributed by atoms with Crippen LogP contribution in [0.2, 0.25) is 0 Å². The molecule has 0 radical (unpaired) electrons. The van der Waals surface area contributed by atoms with Crippen LogP contribution in [0.3, 0.4) is 0 Å². The second-order valence-electron chi connectivity index (χ2n) is 13.3. The highest BCUT2D eigenvalue weighted by atomic mass is 19.1. The zero-order chi connectivity index (χ0) is 28.0. The topological polar surface area (TPSA) is 93.2 Å². The molecule has 2 heterocycles. The lowest BCUT2D eigenvalue weighted by Gasteiger charge is -2.60. The largest absolute Gasteiger partial charge is 0.393 e. The Hall–Kier alpha value is -3.10. The van der Waals surface area contributed by atoms with Crippen LogP contribution >= 0.6 is 0 Å². The van der Waals surface area contributed by atoms with Crippen LogP contribution in [0.5, 0.6) is 0 Å². The summed E-state index contributed by atoms with van der Waals surface area (Å²) in [5.74, 6) is -0.0536. The number of aliphatic hydroxyl groups is 2. The molecule has 3 saturated carbocycles. The van der Waals surface area contributed by atoms with Crippen LogP contribution in [0.25, 0.3) is 11.8 Å². The fourth-order valence-electron chi connectivity index (χ4n) is 9.27. The molecule has 4 aliphatic carbocycles. The average molecular weight is 545 g/mol. The number of hydrogen-bond acceptors (Lipinski definition) is 5. The minimum atomic E-state index is -1.48. The Balaban J connectivity index is 1.19. The summed E-state index contributed by atoms with van der Waals surface area (Å²) in [7, 11) is 0. The highest BCUT2D eigenvalue weighted by molar-refractivity contribution is 5.88. The van der Waals surface area contributed by atoms with Gasteiger partial charge in [0.15, 0.2) is 5.78 Å². The number of nitrogens with zero attached hydrogens (tertiary/aromatic N) is 4. The molecule has 2 aromatic heterocycles. The Morgan fingerprint density at radius 3 is 2.65 bits per heavy atom. The average Bonchev–Trinajstić information content (AvgIpc) is 3.58. The van der Waals surface area contributed by atoms with Crippen molar-refractivity contribution in [3.63, 3.8) is 0 Å². The normalized spacial score (nSPS) is 36.3. The third-order valence-corrected chi connectivity index (χ3v) is 11.2. The van der Waals surface area contributed by atoms with E-state index in [-0.39, 0.29) is 41.3 Å². The molecule has 1 aromatic carbocycles. The van der Waals surface area contributed by atoms with Gasteiger partial charge in [-0.2, -0.15) is 10.2 Å². The standard InChI is InChI=1S/C32H37FN4O3/c1-19-15-34-36(17-19)18-28(39)32(40)11-10-25-24-9-4-21-12-26-20(16-35-37(26)23-7-5-22(33)6-8-23)13-30(21,2)29(24)27(38)14-31(25,32)3/h5-8,12,15-17,24-25,27,29,38,40H,4,9-11,13-14,18H2,1-3H3/t24?,25?,27-,29?,30?,31?,32-/m0/s1. The summed E-state index contributed by atoms with van der Waals surface area (Å²) in [5, 5.41) is 32.8. The molecule has 8 heteroatoms. The Labute approximate surface area is 233 Å². The van der Waals surface area contributed by atoms with E-state index in [0.29, 0.717) is 12.8 Å². The van der Waals surface area contributed by atoms with Gasteiger partial charge >= 0.3 is 0 Å². The van der Waals surface area contributed by atoms with E-state index in [4.69, 9.17) is 0 Å². The Kier molecular flexibility index (Phi) is 5.62. The predicted molar refractivity (Wildman–Crippen MR) is 148 cm³/mol. The van der Waals surface area contributed by atoms with Gasteiger partial charge in [-0.15, -0.1) is 0 Å². The summed E-state index contributed by atoms with van der Waals surface area (Å²) >= 11 is 0. The molecular formula is C32H37FN4O3. The third kappa shape index (κ3) is 3.51. The van der Waals surface area contributed by atoms with Crippen LogP contribution in [0.4, 0.5) is 4.39 Å². The maximum absolute atomic E-state index is 13.6. The molecule has 7 nitrogen and oxygen atoms in total. The van der Waals surface area contributed by atoms with E-state index in [1.165, 1.54) is 17.7 Å². The first-order valence-electron chi connectivity index (χ1n) is 14.5. The van der Waals surface area contributed by atoms with Crippen molar-refractivity contribution in [2.75, 3.05) is 0 Å². The third-order valence-electron chi connectivity index (χ3n) is 11.2. The quantitative estimate of drug-likeness (QED) is 0.498. The lowest BCUT2D eigenvalue weighted by molar-refractivity contribution is -0.180. The van der Waals surface area contributed by atoms with Crippen molar-refractivity contribution in [1.29, 1.82) is 0 Å². The molecule has 210 valence electrons. The van der Waals surface area contributed by atoms with Crippen molar-refractivity contribution >= 4 is 11.9 Å². The van der Waals surface area contributed by atoms with Crippen molar-refractivity contribution in [3.8, 4) is 5.69 Å². The molecule has 40 heavy (non-hydrogen) atoms. The van der Waals surface area contributed by atoms with Crippen LogP contribution in [0.1, 0.15) is 62.8 Å². The number of benzene rings is 1. The van der Waals surface area contributed by atoms with E-state index in [1.54, 1.807) is 23.0 Å². The number of allylic oxidation sites excluding steroid dienone is 1. The summed E-state index contributed by atoms with van der Waals surface area (Å²) in [5.41, 5.74) is 2.89. The smallest absolute Gasteiger partial charge is 0.186 e. The zero-order valence-corrected chi connectivity index (χ0v) is 23.3. The number of fused-ring (bicyclic) bond motifs is 6. The van der Waals surface area contributed by atoms with Crippen LogP contribution in [-0.2, 0) is 17.8 Å². The van der Waals surface area contributed by atoms with E-state index < -0.39 is 17.1 Å². The van der Waals surface area contributed by atoms with E-state index in [1.807, 2.05) is 30.9 Å². The zero-order valence-electron chi connectivity index (χ0n) is 23.3. The Morgan fingerprint density at radius 2 is 1.93 bits per heavy atom. The first-order chi connectivity index (χ1) is 19.0. The van der Waals surface area contributed by atoms with Crippen molar-refractivity contribution in [1.82, 2.24) is 19.6 Å². The van der Waals surface area contributed by atoms with Gasteiger partial charge in [0.1, 0.15) is 18.0 Å². The van der Waals surface area contributed by atoms with Crippen LogP contribution in [0, 0.1) is 41.3 Å². The Morgan fingerprint density at radius 1 is 1.15 bits per heavy atom. The molecule has 2 N–H and O–H groups in total. The van der Waals surface area contributed by atoms with Gasteiger partial charge in [0, 0.05) is 11.6 Å². The lowest BCUT2D eigenvalue weighted by Crippen LogP contribution is -2.62. The molecule has 0 bridgehead atoms. The molecule has 3 aromatic rings. The molecular weight excluding hydrogens is 507 g/mol. The SMILES string of the molecule is Cc1cnn(CC(=O)[C@@]2(O)CCC3C4CCC5=Cc6c(cnn6-c6ccc(F)cc6)CC5(C)C4[C@@H](O)CC32C)c1. The predicted octanol–water partition coefficient (Wildman–Crippen LogP) is 4.67. The molecule has 0 spiro atoms. The van der Waals surface area contributed by atoms with Gasteiger partial charge in [-0.05, 0) is 110 Å². The molecule has 3 fully saturated rings. The van der Waals surface area contributed by atoms with E-state index in [2.05, 4.69) is 23.2 Å². The number of aryl methyl sites for hydroxylation is 1. The monoisotopic (exact) mass is 544 g/mol. The molecule has 7 atom stereocenters. The van der Waals surface area contributed by atoms with Gasteiger partial charge in [-0.1, -0.05) is 19.4 Å². The van der Waals surface area contributed by atoms with Gasteiger partial charge in [-0.25, -0.2) is 9.07 Å². The van der Waals surface area contributed by atoms with Gasteiger partial charge in [0.2, 0.25) is 0 Å². The molecule has 0 saturated heterocycles. The summed E-state index contributed by atoms with van der Waals surface area (Å²) < 4.78 is 17.0. The van der Waals surface area contributed by atoms with Crippen molar-refractivity contribution in [3.05, 3.63) is 71.1 Å². The highest BCUT2D eigenvalue weighted by Crippen LogP contribution is 2.67. The van der Waals surface area contributed by atoms with Crippen molar-refractivity contribution in [2.45, 2.75) is 77.5 Å². The van der Waals surface area contributed by atoms with Gasteiger partial charge in [0.05, 0.1) is 29.9 Å². The first-order valence-corrected chi connectivity index (χ1v) is 14.5. The van der Waals surface area contributed by atoms with E-state index in [0.717, 1.165) is 48.2 Å². The number of Topliss-reactive ketones (excluding diaryl/α,β-unsaturated/α-hetero) is 1. The summed E-state index contributed by atoms with van der Waals surface area (Å²) in [6, 6.07) is 6.39. The van der Waals surface area contributed by atoms with Gasteiger partial charge in [0.25, 0.3) is 0 Å². The minimum absolute atomic E-state index is 0.0408. The highest BCUT2D eigenvalue weighted by Gasteiger charge is 2.68. The number of halogens is 1. The number of ketones is 1. The number of hydrogen-bond donors (Lipinski definition) is 2. The van der Waals surface area contributed by atoms with Gasteiger partial charge < -0.3 is 10.2 Å². The second-order valence-corrected chi connectivity index (χ2v) is 13.3. The van der Waals surface area contributed by atoms with Crippen LogP contribution < -0.4 is 0 Å². The molecule has 4 aliphatic rings. The maximum atomic E-state index is 13.6. The molecule has 5 unspecified atom stereocenters. The summed E-state index contributed by atoms with van der Waals surface area (Å²) in [4.78, 5) is 13.6. The number of aliphatic hydroxyl groups excluding tert-OH is 1. The maximum Gasteiger partial charge on any atom is 0.186 e. The van der Waals surface area contributed by atoms with Crippen molar-refractivity contribution < 1.29 is 19.4 Å². The number of aromatic nitrogens is 4. The van der Waals surface area contributed by atoms with E-state index >= 15 is 0 Å². The number of rotatable bonds is 4. The molecule has 0 amide bonds. The summed E-state index contributed by atoms with van der Waals surface area (Å²) in [6.07, 6.45) is 11.3. The van der Waals surface area contributed by atoms with Crippen LogP contribution in [-0.4, -0.2) is 47.3 Å². The van der Waals surface area contributed by atoms with E-state index in [9.17, 15) is 19.4 Å². The number of carbonyl (C=O) groups is 1. The van der Waals surface area contributed by atoms with Crippen LogP contribution in [0.15, 0.2) is 48.4 Å². The molecule has 7 rings (SSSR count). The fourth-order valence-corrected chi connectivity index (χ4v) is 9.27. The molecule has 0 aliphatic heterocycles. The number of carbonyl (C=O) groups excluding carboxylic acids is 1. The lowest BCUT2D eigenvalue weighted by atomic mass is 9.45.